The molecule has 0 bridgehead atoms. The van der Waals surface area contributed by atoms with Gasteiger partial charge in [-0.05, 0) is 42.3 Å². The number of anilines is 1. The summed E-state index contributed by atoms with van der Waals surface area (Å²) in [6, 6.07) is 12.0. The Balaban J connectivity index is 1.68. The molecule has 2 amide bonds. The molecule has 0 aromatic heterocycles. The van der Waals surface area contributed by atoms with Crippen molar-refractivity contribution >= 4 is 29.3 Å². The minimum atomic E-state index is -4.38. The number of aryl methyl sites for hydroxylation is 1. The van der Waals surface area contributed by atoms with E-state index in [9.17, 15) is 22.8 Å². The molecule has 0 saturated carbocycles. The predicted octanol–water partition coefficient (Wildman–Crippen LogP) is 4.00. The summed E-state index contributed by atoms with van der Waals surface area (Å²) in [5, 5.41) is 5.36. The van der Waals surface area contributed by atoms with Crippen LogP contribution in [-0.2, 0) is 22.3 Å². The van der Waals surface area contributed by atoms with Gasteiger partial charge in [-0.15, -0.1) is 11.8 Å². The van der Waals surface area contributed by atoms with Gasteiger partial charge in [-0.2, -0.15) is 13.2 Å². The van der Waals surface area contributed by atoms with Crippen molar-refractivity contribution in [2.45, 2.75) is 19.6 Å². The van der Waals surface area contributed by atoms with E-state index in [1.165, 1.54) is 12.1 Å². The van der Waals surface area contributed by atoms with Gasteiger partial charge in [0.1, 0.15) is 0 Å². The molecule has 2 aromatic carbocycles. The first-order valence-corrected chi connectivity index (χ1v) is 9.26. The molecular formula is C19H19F3N2O2S. The molecule has 0 atom stereocenters. The van der Waals surface area contributed by atoms with E-state index in [0.717, 1.165) is 29.5 Å². The highest BCUT2D eigenvalue weighted by Gasteiger charge is 2.29. The summed E-state index contributed by atoms with van der Waals surface area (Å²) < 4.78 is 37.5. The summed E-state index contributed by atoms with van der Waals surface area (Å²) in [5.41, 5.74) is 1.57. The van der Waals surface area contributed by atoms with Gasteiger partial charge in [-0.1, -0.05) is 24.3 Å². The first-order chi connectivity index (χ1) is 12.7. The molecule has 2 N–H and O–H groups in total. The van der Waals surface area contributed by atoms with E-state index in [4.69, 9.17) is 0 Å². The van der Waals surface area contributed by atoms with Crippen molar-refractivity contribution in [2.75, 3.05) is 16.8 Å². The van der Waals surface area contributed by atoms with Crippen LogP contribution in [0.15, 0.2) is 48.5 Å². The van der Waals surface area contributed by atoms with Crippen LogP contribution < -0.4 is 10.6 Å². The van der Waals surface area contributed by atoms with Gasteiger partial charge in [0.05, 0.1) is 17.1 Å². The van der Waals surface area contributed by atoms with Crippen molar-refractivity contribution in [3.8, 4) is 0 Å². The standard InChI is InChI=1S/C19H19F3N2O2S/c1-13-3-2-4-16(9-13)24-18(26)12-27-11-17(25)23-10-14-5-7-15(8-6-14)19(20,21)22/h2-9H,10-12H2,1H3,(H,23,25)(H,24,26). The topological polar surface area (TPSA) is 58.2 Å². The molecule has 144 valence electrons. The summed E-state index contributed by atoms with van der Waals surface area (Å²) in [4.78, 5) is 23.6. The van der Waals surface area contributed by atoms with Crippen molar-refractivity contribution in [1.82, 2.24) is 5.32 Å². The lowest BCUT2D eigenvalue weighted by molar-refractivity contribution is -0.137. The number of hydrogen-bond acceptors (Lipinski definition) is 3. The van der Waals surface area contributed by atoms with Gasteiger partial charge in [-0.25, -0.2) is 0 Å². The number of nitrogens with one attached hydrogen (secondary N) is 2. The minimum Gasteiger partial charge on any atom is -0.351 e. The van der Waals surface area contributed by atoms with Crippen LogP contribution in [0.5, 0.6) is 0 Å². The van der Waals surface area contributed by atoms with Gasteiger partial charge in [0, 0.05) is 12.2 Å². The third-order valence-corrected chi connectivity index (χ3v) is 4.47. The Morgan fingerprint density at radius 1 is 1.00 bits per heavy atom. The van der Waals surface area contributed by atoms with Crippen molar-refractivity contribution in [3.63, 3.8) is 0 Å². The SMILES string of the molecule is Cc1cccc(NC(=O)CSCC(=O)NCc2ccc(C(F)(F)F)cc2)c1. The molecule has 0 heterocycles. The summed E-state index contributed by atoms with van der Waals surface area (Å²) in [5.74, 6) is -0.284. The quantitative estimate of drug-likeness (QED) is 0.744. The number of amides is 2. The Bertz CT molecular complexity index is 792. The number of hydrogen-bond donors (Lipinski definition) is 2. The number of carbonyl (C=O) groups is 2. The molecular weight excluding hydrogens is 377 g/mol. The molecule has 0 aliphatic carbocycles. The number of alkyl halides is 3. The fraction of sp³-hybridized carbons (Fsp3) is 0.263. The summed E-state index contributed by atoms with van der Waals surface area (Å²) in [7, 11) is 0. The number of benzene rings is 2. The smallest absolute Gasteiger partial charge is 0.351 e. The fourth-order valence-electron chi connectivity index (χ4n) is 2.22. The number of halogens is 3. The Kier molecular flexibility index (Phi) is 7.29. The maximum atomic E-state index is 12.5. The van der Waals surface area contributed by atoms with Gasteiger partial charge in [0.15, 0.2) is 0 Å². The zero-order chi connectivity index (χ0) is 19.9. The van der Waals surface area contributed by atoms with Crippen LogP contribution in [0.25, 0.3) is 0 Å². The molecule has 2 aromatic rings. The van der Waals surface area contributed by atoms with Crippen LogP contribution in [0, 0.1) is 6.92 Å². The number of thioether (sulfide) groups is 1. The normalized spacial score (nSPS) is 11.1. The second-order valence-electron chi connectivity index (χ2n) is 5.88. The zero-order valence-corrected chi connectivity index (χ0v) is 15.4. The molecule has 0 aliphatic heterocycles. The largest absolute Gasteiger partial charge is 0.416 e. The summed E-state index contributed by atoms with van der Waals surface area (Å²) in [6.07, 6.45) is -4.38. The van der Waals surface area contributed by atoms with E-state index >= 15 is 0 Å². The van der Waals surface area contributed by atoms with Crippen molar-refractivity contribution in [3.05, 3.63) is 65.2 Å². The molecule has 0 unspecified atom stereocenters. The first kappa shape index (κ1) is 20.8. The lowest BCUT2D eigenvalue weighted by atomic mass is 10.1. The van der Waals surface area contributed by atoms with E-state index in [1.807, 2.05) is 25.1 Å². The van der Waals surface area contributed by atoms with E-state index in [1.54, 1.807) is 6.07 Å². The first-order valence-electron chi connectivity index (χ1n) is 8.11. The van der Waals surface area contributed by atoms with Crippen LogP contribution in [0.2, 0.25) is 0 Å². The summed E-state index contributed by atoms with van der Waals surface area (Å²) in [6.45, 7) is 2.05. The highest BCUT2D eigenvalue weighted by Crippen LogP contribution is 2.29. The van der Waals surface area contributed by atoms with E-state index in [0.29, 0.717) is 11.3 Å². The van der Waals surface area contributed by atoms with Gasteiger partial charge < -0.3 is 10.6 Å². The van der Waals surface area contributed by atoms with Gasteiger partial charge in [-0.3, -0.25) is 9.59 Å². The van der Waals surface area contributed by atoms with Gasteiger partial charge in [0.2, 0.25) is 11.8 Å². The van der Waals surface area contributed by atoms with Crippen LogP contribution in [0.1, 0.15) is 16.7 Å². The highest BCUT2D eigenvalue weighted by atomic mass is 32.2. The Labute approximate surface area is 159 Å². The fourth-order valence-corrected chi connectivity index (χ4v) is 2.87. The Morgan fingerprint density at radius 3 is 2.30 bits per heavy atom. The lowest BCUT2D eigenvalue weighted by Crippen LogP contribution is -2.25. The van der Waals surface area contributed by atoms with Crippen molar-refractivity contribution in [1.29, 1.82) is 0 Å². The van der Waals surface area contributed by atoms with E-state index < -0.39 is 11.7 Å². The van der Waals surface area contributed by atoms with Crippen molar-refractivity contribution < 1.29 is 22.8 Å². The Morgan fingerprint density at radius 2 is 1.67 bits per heavy atom. The molecule has 8 heteroatoms. The maximum absolute atomic E-state index is 12.5. The second kappa shape index (κ2) is 9.45. The van der Waals surface area contributed by atoms with E-state index in [-0.39, 0.29) is 29.9 Å². The molecule has 0 saturated heterocycles. The van der Waals surface area contributed by atoms with Crippen LogP contribution >= 0.6 is 11.8 Å². The second-order valence-corrected chi connectivity index (χ2v) is 6.87. The maximum Gasteiger partial charge on any atom is 0.416 e. The third-order valence-electron chi connectivity index (χ3n) is 3.54. The van der Waals surface area contributed by atoms with Crippen LogP contribution in [0.3, 0.4) is 0 Å². The molecule has 2 rings (SSSR count). The average molecular weight is 396 g/mol. The third kappa shape index (κ3) is 7.34. The summed E-state index contributed by atoms with van der Waals surface area (Å²) >= 11 is 1.16. The van der Waals surface area contributed by atoms with Gasteiger partial charge >= 0.3 is 6.18 Å². The molecule has 0 aliphatic rings. The Hall–Kier alpha value is -2.48. The van der Waals surface area contributed by atoms with Crippen LogP contribution in [0.4, 0.5) is 18.9 Å². The number of rotatable bonds is 7. The van der Waals surface area contributed by atoms with E-state index in [2.05, 4.69) is 10.6 Å². The van der Waals surface area contributed by atoms with Crippen molar-refractivity contribution in [2.24, 2.45) is 0 Å². The highest BCUT2D eigenvalue weighted by molar-refractivity contribution is 8.00. The molecule has 0 fully saturated rings. The van der Waals surface area contributed by atoms with Gasteiger partial charge in [0.25, 0.3) is 0 Å². The molecule has 0 spiro atoms. The lowest BCUT2D eigenvalue weighted by Gasteiger charge is -2.09. The predicted molar refractivity (Wildman–Crippen MR) is 100 cm³/mol. The number of carbonyl (C=O) groups excluding carboxylic acids is 2. The monoisotopic (exact) mass is 396 g/mol. The molecule has 4 nitrogen and oxygen atoms in total. The molecule has 0 radical (unpaired) electrons. The van der Waals surface area contributed by atoms with Crippen LogP contribution in [-0.4, -0.2) is 23.3 Å². The molecule has 27 heavy (non-hydrogen) atoms. The average Bonchev–Trinajstić information content (AvgIpc) is 2.59. The minimum absolute atomic E-state index is 0.0852. The zero-order valence-electron chi connectivity index (χ0n) is 14.6.